The highest BCUT2D eigenvalue weighted by molar-refractivity contribution is 6.34. The minimum absolute atomic E-state index is 0.140. The Labute approximate surface area is 169 Å². The molecule has 29 heavy (non-hydrogen) atoms. The number of carbonyl (C=O) groups excluding carboxylic acids is 3. The van der Waals surface area contributed by atoms with Crippen molar-refractivity contribution in [3.8, 4) is 0 Å². The molecule has 1 heterocycles. The van der Waals surface area contributed by atoms with Gasteiger partial charge in [0.1, 0.15) is 0 Å². The predicted molar refractivity (Wildman–Crippen MR) is 113 cm³/mol. The second-order valence-corrected chi connectivity index (χ2v) is 7.05. The molecule has 0 unspecified atom stereocenters. The van der Waals surface area contributed by atoms with Gasteiger partial charge in [-0.3, -0.25) is 14.4 Å². The van der Waals surface area contributed by atoms with E-state index in [2.05, 4.69) is 17.4 Å². The Hall–Kier alpha value is -3.73. The number of hydrogen-bond acceptors (Lipinski definition) is 4. The summed E-state index contributed by atoms with van der Waals surface area (Å²) in [6.45, 7) is 1.44. The lowest BCUT2D eigenvalue weighted by Gasteiger charge is -2.14. The van der Waals surface area contributed by atoms with Crippen LogP contribution in [0.25, 0.3) is 0 Å². The van der Waals surface area contributed by atoms with Crippen LogP contribution in [0, 0.1) is 0 Å². The number of hydrogen-bond donors (Lipinski definition) is 1. The minimum Gasteiger partial charge on any atom is -0.388 e. The SMILES string of the molecule is CNc1ccc(Cc2ccc(N3C(=O)c4ccc(C(C)=O)cc4C3=O)cc2)cc1. The molecule has 0 atom stereocenters. The molecule has 2 amide bonds. The first-order chi connectivity index (χ1) is 14.0. The Morgan fingerprint density at radius 1 is 0.828 bits per heavy atom. The van der Waals surface area contributed by atoms with Crippen molar-refractivity contribution in [1.82, 2.24) is 0 Å². The molecule has 1 aliphatic rings. The maximum absolute atomic E-state index is 12.8. The molecular weight excluding hydrogens is 364 g/mol. The van der Waals surface area contributed by atoms with E-state index in [4.69, 9.17) is 0 Å². The molecule has 0 bridgehead atoms. The van der Waals surface area contributed by atoms with Crippen LogP contribution in [-0.4, -0.2) is 24.6 Å². The Bertz CT molecular complexity index is 1120. The molecule has 1 N–H and O–H groups in total. The van der Waals surface area contributed by atoms with Crippen molar-refractivity contribution in [1.29, 1.82) is 0 Å². The predicted octanol–water partition coefficient (Wildman–Crippen LogP) is 4.32. The van der Waals surface area contributed by atoms with Gasteiger partial charge < -0.3 is 5.32 Å². The summed E-state index contributed by atoms with van der Waals surface area (Å²) in [5.41, 5.74) is 4.87. The van der Waals surface area contributed by atoms with E-state index in [-0.39, 0.29) is 17.3 Å². The number of amides is 2. The Kier molecular flexibility index (Phi) is 4.72. The number of nitrogens with zero attached hydrogens (tertiary/aromatic N) is 1. The Morgan fingerprint density at radius 3 is 2.00 bits per heavy atom. The lowest BCUT2D eigenvalue weighted by atomic mass is 10.0. The summed E-state index contributed by atoms with van der Waals surface area (Å²) in [6, 6.07) is 20.2. The highest BCUT2D eigenvalue weighted by Gasteiger charge is 2.36. The molecule has 0 radical (unpaired) electrons. The molecule has 144 valence electrons. The third-order valence-electron chi connectivity index (χ3n) is 5.14. The summed E-state index contributed by atoms with van der Waals surface area (Å²) in [6.07, 6.45) is 0.758. The molecule has 4 rings (SSSR count). The number of rotatable bonds is 5. The number of ketones is 1. The zero-order valence-corrected chi connectivity index (χ0v) is 16.2. The maximum Gasteiger partial charge on any atom is 0.266 e. The zero-order chi connectivity index (χ0) is 20.5. The van der Waals surface area contributed by atoms with Gasteiger partial charge in [-0.1, -0.05) is 30.3 Å². The second kappa shape index (κ2) is 7.36. The van der Waals surface area contributed by atoms with E-state index in [1.165, 1.54) is 23.5 Å². The van der Waals surface area contributed by atoms with Crippen LogP contribution in [0.1, 0.15) is 49.1 Å². The average Bonchev–Trinajstić information content (AvgIpc) is 2.99. The van der Waals surface area contributed by atoms with Gasteiger partial charge in [0.25, 0.3) is 11.8 Å². The number of benzene rings is 3. The highest BCUT2D eigenvalue weighted by atomic mass is 16.2. The molecule has 0 saturated heterocycles. The molecule has 0 aromatic heterocycles. The molecule has 3 aromatic rings. The van der Waals surface area contributed by atoms with Gasteiger partial charge in [-0.25, -0.2) is 4.90 Å². The Morgan fingerprint density at radius 2 is 1.41 bits per heavy atom. The summed E-state index contributed by atoms with van der Waals surface area (Å²) in [5, 5.41) is 3.09. The first-order valence-electron chi connectivity index (χ1n) is 9.37. The fraction of sp³-hybridized carbons (Fsp3) is 0.125. The van der Waals surface area contributed by atoms with Crippen LogP contribution in [-0.2, 0) is 6.42 Å². The van der Waals surface area contributed by atoms with Gasteiger partial charge in [-0.05, 0) is 60.9 Å². The van der Waals surface area contributed by atoms with Gasteiger partial charge in [-0.2, -0.15) is 0 Å². The normalized spacial score (nSPS) is 12.8. The van der Waals surface area contributed by atoms with Crippen molar-refractivity contribution < 1.29 is 14.4 Å². The van der Waals surface area contributed by atoms with E-state index in [0.717, 1.165) is 17.7 Å². The molecule has 0 fully saturated rings. The van der Waals surface area contributed by atoms with Gasteiger partial charge in [0.15, 0.2) is 5.78 Å². The van der Waals surface area contributed by atoms with E-state index in [1.54, 1.807) is 24.3 Å². The number of imide groups is 1. The number of nitrogens with one attached hydrogen (secondary N) is 1. The molecular formula is C24H20N2O3. The minimum atomic E-state index is -0.400. The standard InChI is InChI=1S/C24H20N2O3/c1-15(27)18-7-12-21-22(14-18)24(29)26(23(21)28)20-10-5-17(6-11-20)13-16-3-8-19(25-2)9-4-16/h3-12,14,25H,13H2,1-2H3. The summed E-state index contributed by atoms with van der Waals surface area (Å²) >= 11 is 0. The van der Waals surface area contributed by atoms with Gasteiger partial charge >= 0.3 is 0 Å². The monoisotopic (exact) mass is 384 g/mol. The van der Waals surface area contributed by atoms with E-state index >= 15 is 0 Å². The van der Waals surface area contributed by atoms with Crippen LogP contribution in [0.5, 0.6) is 0 Å². The van der Waals surface area contributed by atoms with Crippen LogP contribution in [0.4, 0.5) is 11.4 Å². The topological polar surface area (TPSA) is 66.5 Å². The van der Waals surface area contributed by atoms with E-state index < -0.39 is 5.91 Å². The van der Waals surface area contributed by atoms with Crippen molar-refractivity contribution in [2.45, 2.75) is 13.3 Å². The maximum atomic E-state index is 12.8. The number of anilines is 2. The molecule has 5 nitrogen and oxygen atoms in total. The molecule has 0 saturated carbocycles. The van der Waals surface area contributed by atoms with Gasteiger partial charge in [-0.15, -0.1) is 0 Å². The van der Waals surface area contributed by atoms with Crippen molar-refractivity contribution in [3.63, 3.8) is 0 Å². The van der Waals surface area contributed by atoms with Crippen molar-refractivity contribution in [3.05, 3.63) is 94.5 Å². The average molecular weight is 384 g/mol. The third kappa shape index (κ3) is 3.43. The molecule has 0 spiro atoms. The first kappa shape index (κ1) is 18.6. The summed E-state index contributed by atoms with van der Waals surface area (Å²) < 4.78 is 0. The lowest BCUT2D eigenvalue weighted by Crippen LogP contribution is -2.29. The summed E-state index contributed by atoms with van der Waals surface area (Å²) in [4.78, 5) is 38.3. The number of fused-ring (bicyclic) bond motifs is 1. The van der Waals surface area contributed by atoms with E-state index in [0.29, 0.717) is 16.8 Å². The van der Waals surface area contributed by atoms with E-state index in [9.17, 15) is 14.4 Å². The number of carbonyl (C=O) groups is 3. The van der Waals surface area contributed by atoms with Crippen LogP contribution in [0.15, 0.2) is 66.7 Å². The van der Waals surface area contributed by atoms with Gasteiger partial charge in [0, 0.05) is 18.3 Å². The van der Waals surface area contributed by atoms with Crippen LogP contribution < -0.4 is 10.2 Å². The van der Waals surface area contributed by atoms with Crippen molar-refractivity contribution in [2.24, 2.45) is 0 Å². The second-order valence-electron chi connectivity index (χ2n) is 7.05. The van der Waals surface area contributed by atoms with Gasteiger partial charge in [0.05, 0.1) is 16.8 Å². The largest absolute Gasteiger partial charge is 0.388 e. The molecule has 1 aliphatic heterocycles. The highest BCUT2D eigenvalue weighted by Crippen LogP contribution is 2.29. The van der Waals surface area contributed by atoms with Crippen molar-refractivity contribution in [2.75, 3.05) is 17.3 Å². The molecule has 0 aliphatic carbocycles. The van der Waals surface area contributed by atoms with Gasteiger partial charge in [0.2, 0.25) is 0 Å². The Balaban J connectivity index is 1.56. The van der Waals surface area contributed by atoms with Crippen LogP contribution in [0.2, 0.25) is 0 Å². The molecule has 3 aromatic carbocycles. The lowest BCUT2D eigenvalue weighted by molar-refractivity contribution is 0.0925. The quantitative estimate of drug-likeness (QED) is 0.525. The third-order valence-corrected chi connectivity index (χ3v) is 5.14. The zero-order valence-electron chi connectivity index (χ0n) is 16.2. The van der Waals surface area contributed by atoms with Crippen LogP contribution >= 0.6 is 0 Å². The van der Waals surface area contributed by atoms with Crippen molar-refractivity contribution >= 4 is 29.0 Å². The fourth-order valence-electron chi connectivity index (χ4n) is 3.48. The molecule has 5 heteroatoms. The number of Topliss-reactive ketones (excluding diaryl/α,β-unsaturated/α-hetero) is 1. The summed E-state index contributed by atoms with van der Waals surface area (Å²) in [7, 11) is 1.88. The van der Waals surface area contributed by atoms with Crippen LogP contribution in [0.3, 0.4) is 0 Å². The van der Waals surface area contributed by atoms with E-state index in [1.807, 2.05) is 31.3 Å². The smallest absolute Gasteiger partial charge is 0.266 e. The summed E-state index contributed by atoms with van der Waals surface area (Å²) in [5.74, 6) is -0.905. The first-order valence-corrected chi connectivity index (χ1v) is 9.37. The fourth-order valence-corrected chi connectivity index (χ4v) is 3.48.